The van der Waals surface area contributed by atoms with Gasteiger partial charge in [0, 0.05) is 36.6 Å². The van der Waals surface area contributed by atoms with Crippen LogP contribution in [0.2, 0.25) is 0 Å². The molecule has 1 atom stereocenters. The summed E-state index contributed by atoms with van der Waals surface area (Å²) in [7, 11) is -4.32. The minimum atomic E-state index is -4.32. The predicted molar refractivity (Wildman–Crippen MR) is 124 cm³/mol. The number of hydrogen-bond donors (Lipinski definition) is 1. The minimum Gasteiger partial charge on any atom is -0.365 e. The molecule has 0 unspecified atom stereocenters. The van der Waals surface area contributed by atoms with Crippen LogP contribution >= 0.6 is 0 Å². The van der Waals surface area contributed by atoms with E-state index >= 15 is 0 Å². The summed E-state index contributed by atoms with van der Waals surface area (Å²) >= 11 is 0. The van der Waals surface area contributed by atoms with Crippen molar-refractivity contribution >= 4 is 27.3 Å². The third-order valence-electron chi connectivity index (χ3n) is 6.42. The van der Waals surface area contributed by atoms with Gasteiger partial charge in [-0.2, -0.15) is 0 Å². The van der Waals surface area contributed by atoms with Gasteiger partial charge in [0.25, 0.3) is 0 Å². The largest absolute Gasteiger partial charge is 0.365 e. The molecule has 0 aliphatic carbocycles. The number of benzene rings is 2. The van der Waals surface area contributed by atoms with Crippen LogP contribution in [0.3, 0.4) is 0 Å². The van der Waals surface area contributed by atoms with Crippen LogP contribution in [0.5, 0.6) is 0 Å². The SMILES string of the molecule is C[C@H]1Cc2cc(F)c(S(N)(=O)=O)cc2N1C(=O)C1CN(c2c(F)cc(-c3ccccn3)cc2F)C1. The number of carbonyl (C=O) groups is 1. The number of halogens is 3. The van der Waals surface area contributed by atoms with Crippen molar-refractivity contribution in [3.8, 4) is 11.3 Å². The Morgan fingerprint density at radius 2 is 1.74 bits per heavy atom. The lowest BCUT2D eigenvalue weighted by Gasteiger charge is -2.42. The van der Waals surface area contributed by atoms with Crippen LogP contribution in [0.1, 0.15) is 12.5 Å². The van der Waals surface area contributed by atoms with E-state index in [1.54, 1.807) is 25.1 Å². The van der Waals surface area contributed by atoms with Crippen molar-refractivity contribution in [3.63, 3.8) is 0 Å². The van der Waals surface area contributed by atoms with Crippen molar-refractivity contribution in [2.45, 2.75) is 24.3 Å². The first-order valence-electron chi connectivity index (χ1n) is 10.9. The maximum absolute atomic E-state index is 14.8. The van der Waals surface area contributed by atoms with Crippen molar-refractivity contribution < 1.29 is 26.4 Å². The highest BCUT2D eigenvalue weighted by Crippen LogP contribution is 2.39. The molecular formula is C24H21F3N4O3S. The maximum atomic E-state index is 14.8. The van der Waals surface area contributed by atoms with E-state index in [0.717, 1.165) is 12.1 Å². The number of nitrogens with zero attached hydrogens (tertiary/aromatic N) is 3. The molecule has 1 fully saturated rings. The van der Waals surface area contributed by atoms with Crippen molar-refractivity contribution in [1.82, 2.24) is 4.98 Å². The first-order valence-corrected chi connectivity index (χ1v) is 12.4. The average molecular weight is 503 g/mol. The average Bonchev–Trinajstić information content (AvgIpc) is 3.08. The second-order valence-corrected chi connectivity index (χ2v) is 10.4. The molecule has 0 spiro atoms. The standard InChI is InChI=1S/C24H21F3N4O3S/c1-13-6-15-9-17(25)22(35(28,33)34)10-21(15)31(13)24(32)16-11-30(12-16)23-18(26)7-14(8-19(23)27)20-4-2-3-5-29-20/h2-5,7-10,13,16H,6,11-12H2,1H3,(H2,28,33,34)/t13-/m0/s1. The van der Waals surface area contributed by atoms with Gasteiger partial charge in [0.05, 0.1) is 11.6 Å². The second kappa shape index (κ2) is 8.35. The van der Waals surface area contributed by atoms with Crippen LogP contribution in [-0.2, 0) is 21.2 Å². The smallest absolute Gasteiger partial charge is 0.241 e. The molecule has 1 saturated heterocycles. The molecule has 0 saturated carbocycles. The number of fused-ring (bicyclic) bond motifs is 1. The summed E-state index contributed by atoms with van der Waals surface area (Å²) in [5, 5.41) is 5.11. The van der Waals surface area contributed by atoms with Crippen molar-refractivity contribution in [3.05, 3.63) is 71.7 Å². The zero-order valence-corrected chi connectivity index (χ0v) is 19.4. The van der Waals surface area contributed by atoms with Gasteiger partial charge >= 0.3 is 0 Å². The molecule has 2 aliphatic heterocycles. The number of primary sulfonamides is 1. The van der Waals surface area contributed by atoms with E-state index in [1.165, 1.54) is 28.1 Å². The first kappa shape index (κ1) is 23.3. The molecule has 7 nitrogen and oxygen atoms in total. The van der Waals surface area contributed by atoms with Gasteiger partial charge in [0.15, 0.2) is 0 Å². The van der Waals surface area contributed by atoms with E-state index in [0.29, 0.717) is 23.2 Å². The minimum absolute atomic E-state index is 0.0808. The summed E-state index contributed by atoms with van der Waals surface area (Å²) in [4.78, 5) is 19.5. The quantitative estimate of drug-likeness (QED) is 0.591. The van der Waals surface area contributed by atoms with E-state index in [2.05, 4.69) is 4.98 Å². The summed E-state index contributed by atoms with van der Waals surface area (Å²) in [5.41, 5.74) is 1.29. The number of nitrogens with two attached hydrogens (primary N) is 1. The Labute approximate surface area is 200 Å². The highest BCUT2D eigenvalue weighted by Gasteiger charge is 2.42. The number of carbonyl (C=O) groups excluding carboxylic acids is 1. The summed E-state index contributed by atoms with van der Waals surface area (Å²) in [6, 6.07) is 9.30. The number of sulfonamides is 1. The number of pyridine rings is 1. The van der Waals surface area contributed by atoms with Crippen LogP contribution in [0, 0.1) is 23.4 Å². The van der Waals surface area contributed by atoms with Gasteiger partial charge in [-0.1, -0.05) is 6.07 Å². The Kier molecular flexibility index (Phi) is 5.56. The number of aromatic nitrogens is 1. The van der Waals surface area contributed by atoms with Crippen LogP contribution in [0.25, 0.3) is 11.3 Å². The van der Waals surface area contributed by atoms with E-state index in [9.17, 15) is 26.4 Å². The molecule has 1 amide bonds. The van der Waals surface area contributed by atoms with E-state index in [1.807, 2.05) is 0 Å². The predicted octanol–water partition coefficient (Wildman–Crippen LogP) is 3.23. The monoisotopic (exact) mass is 502 g/mol. The topological polar surface area (TPSA) is 96.6 Å². The summed E-state index contributed by atoms with van der Waals surface area (Å²) in [5.74, 6) is -3.39. The van der Waals surface area contributed by atoms with Crippen LogP contribution in [-0.4, -0.2) is 38.4 Å². The third-order valence-corrected chi connectivity index (χ3v) is 7.34. The fourth-order valence-corrected chi connectivity index (χ4v) is 5.34. The molecule has 3 heterocycles. The molecule has 11 heteroatoms. The lowest BCUT2D eigenvalue weighted by molar-refractivity contribution is -0.123. The molecular weight excluding hydrogens is 481 g/mol. The van der Waals surface area contributed by atoms with Gasteiger partial charge in [-0.15, -0.1) is 0 Å². The number of amides is 1. The van der Waals surface area contributed by atoms with Crippen LogP contribution in [0.4, 0.5) is 24.5 Å². The first-order chi connectivity index (χ1) is 16.5. The fourth-order valence-electron chi connectivity index (χ4n) is 4.74. The molecule has 0 bridgehead atoms. The highest BCUT2D eigenvalue weighted by molar-refractivity contribution is 7.89. The Morgan fingerprint density at radius 3 is 2.34 bits per heavy atom. The molecule has 1 aromatic heterocycles. The van der Waals surface area contributed by atoms with Gasteiger partial charge in [-0.3, -0.25) is 9.78 Å². The summed E-state index contributed by atoms with van der Waals surface area (Å²) in [6.45, 7) is 1.92. The zero-order chi connectivity index (χ0) is 25.1. The van der Waals surface area contributed by atoms with Crippen LogP contribution < -0.4 is 14.9 Å². The lowest BCUT2D eigenvalue weighted by Crippen LogP contribution is -2.56. The summed E-state index contributed by atoms with van der Waals surface area (Å²) in [6.07, 6.45) is 1.88. The third kappa shape index (κ3) is 4.04. The van der Waals surface area contributed by atoms with Crippen molar-refractivity contribution in [1.29, 1.82) is 0 Å². The van der Waals surface area contributed by atoms with Gasteiger partial charge in [0.2, 0.25) is 15.9 Å². The van der Waals surface area contributed by atoms with Crippen molar-refractivity contribution in [2.75, 3.05) is 22.9 Å². The van der Waals surface area contributed by atoms with Gasteiger partial charge in [-0.05, 0) is 55.3 Å². The Bertz CT molecular complexity index is 1420. The molecule has 0 radical (unpaired) electrons. The Balaban J connectivity index is 1.36. The lowest BCUT2D eigenvalue weighted by atomic mass is 9.96. The van der Waals surface area contributed by atoms with Gasteiger partial charge in [-0.25, -0.2) is 26.7 Å². The fraction of sp³-hybridized carbons (Fsp3) is 0.250. The summed E-state index contributed by atoms with van der Waals surface area (Å²) < 4.78 is 67.4. The highest BCUT2D eigenvalue weighted by atomic mass is 32.2. The second-order valence-electron chi connectivity index (χ2n) is 8.82. The van der Waals surface area contributed by atoms with Crippen LogP contribution in [0.15, 0.2) is 53.6 Å². The Hall–Kier alpha value is -3.44. The molecule has 3 aromatic rings. The number of hydrogen-bond acceptors (Lipinski definition) is 5. The van der Waals surface area contributed by atoms with Gasteiger partial charge < -0.3 is 9.80 Å². The van der Waals surface area contributed by atoms with Gasteiger partial charge in [0.1, 0.15) is 28.0 Å². The molecule has 182 valence electrons. The molecule has 2 N–H and O–H groups in total. The van der Waals surface area contributed by atoms with E-state index in [4.69, 9.17) is 5.14 Å². The Morgan fingerprint density at radius 1 is 1.06 bits per heavy atom. The van der Waals surface area contributed by atoms with Crippen molar-refractivity contribution in [2.24, 2.45) is 11.1 Å². The molecule has 2 aliphatic rings. The normalized spacial score (nSPS) is 17.9. The molecule has 35 heavy (non-hydrogen) atoms. The van der Waals surface area contributed by atoms with E-state index in [-0.39, 0.29) is 36.4 Å². The molecule has 5 rings (SSSR count). The zero-order valence-electron chi connectivity index (χ0n) is 18.6. The maximum Gasteiger partial charge on any atom is 0.241 e. The molecule has 2 aromatic carbocycles. The van der Waals surface area contributed by atoms with E-state index < -0.39 is 38.3 Å². The number of anilines is 2. The number of rotatable bonds is 4.